The normalized spacial score (nSPS) is 12.5. The molecule has 6 nitrogen and oxygen atoms in total. The average molecular weight is 867 g/mol. The molecule has 1 atom stereocenters. The largest absolute Gasteiger partial charge is 0.462 e. The molecular weight excluding hydrogens is 769 g/mol. The number of ether oxygens (including phenoxy) is 3. The molecule has 0 bridgehead atoms. The van der Waals surface area contributed by atoms with E-state index < -0.39 is 6.10 Å². The number of unbranched alkanes of at least 4 members (excludes halogenated alkanes) is 26. The van der Waals surface area contributed by atoms with Crippen LogP contribution in [-0.2, 0) is 28.6 Å². The number of carbonyl (C=O) groups excluding carboxylic acids is 3. The highest BCUT2D eigenvalue weighted by atomic mass is 16.6. The first-order valence-corrected chi connectivity index (χ1v) is 26.3. The van der Waals surface area contributed by atoms with E-state index in [0.717, 1.165) is 83.5 Å². The maximum absolute atomic E-state index is 12.8. The van der Waals surface area contributed by atoms with Gasteiger partial charge in [-0.05, 0) is 83.5 Å². The number of rotatable bonds is 47. The first kappa shape index (κ1) is 59.1. The Morgan fingerprint density at radius 1 is 0.339 bits per heavy atom. The van der Waals surface area contributed by atoms with Crippen molar-refractivity contribution < 1.29 is 28.6 Å². The maximum atomic E-state index is 12.8. The molecule has 0 aliphatic carbocycles. The molecule has 0 aromatic carbocycles. The van der Waals surface area contributed by atoms with Crippen LogP contribution in [0.5, 0.6) is 0 Å². The third-order valence-electron chi connectivity index (χ3n) is 11.3. The van der Waals surface area contributed by atoms with Gasteiger partial charge in [0.05, 0.1) is 0 Å². The lowest BCUT2D eigenvalue weighted by Crippen LogP contribution is -2.30. The van der Waals surface area contributed by atoms with Crippen LogP contribution in [0.1, 0.15) is 258 Å². The van der Waals surface area contributed by atoms with Crippen molar-refractivity contribution in [3.05, 3.63) is 60.8 Å². The summed E-state index contributed by atoms with van der Waals surface area (Å²) in [7, 11) is 0. The molecule has 0 aliphatic rings. The van der Waals surface area contributed by atoms with Gasteiger partial charge >= 0.3 is 17.9 Å². The Bertz CT molecular complexity index is 1130. The molecule has 0 saturated carbocycles. The van der Waals surface area contributed by atoms with Gasteiger partial charge in [0.1, 0.15) is 13.2 Å². The zero-order valence-electron chi connectivity index (χ0n) is 40.9. The van der Waals surface area contributed by atoms with Crippen molar-refractivity contribution in [2.24, 2.45) is 0 Å². The Hall–Kier alpha value is -2.89. The molecule has 0 rings (SSSR count). The Morgan fingerprint density at radius 3 is 1.05 bits per heavy atom. The van der Waals surface area contributed by atoms with Crippen LogP contribution in [0.4, 0.5) is 0 Å². The summed E-state index contributed by atoms with van der Waals surface area (Å²) in [5.74, 6) is -0.936. The van der Waals surface area contributed by atoms with E-state index in [1.165, 1.54) is 128 Å². The van der Waals surface area contributed by atoms with Crippen molar-refractivity contribution in [3.63, 3.8) is 0 Å². The number of esters is 3. The van der Waals surface area contributed by atoms with E-state index in [-0.39, 0.29) is 37.5 Å². The molecule has 0 saturated heterocycles. The van der Waals surface area contributed by atoms with Gasteiger partial charge in [-0.1, -0.05) is 216 Å². The van der Waals surface area contributed by atoms with Gasteiger partial charge in [0.25, 0.3) is 0 Å². The van der Waals surface area contributed by atoms with E-state index in [2.05, 4.69) is 81.5 Å². The minimum Gasteiger partial charge on any atom is -0.462 e. The lowest BCUT2D eigenvalue weighted by molar-refractivity contribution is -0.167. The van der Waals surface area contributed by atoms with Crippen molar-refractivity contribution in [2.45, 2.75) is 264 Å². The van der Waals surface area contributed by atoms with Crippen molar-refractivity contribution >= 4 is 17.9 Å². The fourth-order valence-corrected chi connectivity index (χ4v) is 7.31. The third kappa shape index (κ3) is 48.1. The Kier molecular flexibility index (Phi) is 48.4. The van der Waals surface area contributed by atoms with E-state index >= 15 is 0 Å². The molecule has 0 amide bonds. The smallest absolute Gasteiger partial charge is 0.306 e. The first-order chi connectivity index (χ1) is 30.5. The number of hydrogen-bond acceptors (Lipinski definition) is 6. The monoisotopic (exact) mass is 867 g/mol. The highest BCUT2D eigenvalue weighted by Gasteiger charge is 2.19. The molecule has 0 unspecified atom stereocenters. The fourth-order valence-electron chi connectivity index (χ4n) is 7.31. The minimum absolute atomic E-state index is 0.0914. The van der Waals surface area contributed by atoms with Crippen LogP contribution in [0.3, 0.4) is 0 Å². The lowest BCUT2D eigenvalue weighted by Gasteiger charge is -2.18. The van der Waals surface area contributed by atoms with Crippen LogP contribution in [0.15, 0.2) is 60.8 Å². The Balaban J connectivity index is 4.43. The van der Waals surface area contributed by atoms with Gasteiger partial charge in [0.2, 0.25) is 0 Å². The summed E-state index contributed by atoms with van der Waals surface area (Å²) >= 11 is 0. The van der Waals surface area contributed by atoms with Gasteiger partial charge < -0.3 is 14.2 Å². The number of hydrogen-bond donors (Lipinski definition) is 0. The standard InChI is InChI=1S/C56H98O6/c1-4-7-10-13-16-19-22-25-27-29-31-34-37-40-43-46-49-55(58)61-52-53(51-60-54(57)48-45-42-39-36-33-30-24-21-18-15-12-9-6-3)62-56(59)50-47-44-41-38-35-32-28-26-23-20-17-14-11-8-5-2/h8,11,17,20-21,24,26,28,35,38,53H,4-7,9-10,12-16,18-19,22-23,25,27,29-34,36-37,39-52H2,1-3H3/b11-8-,20-17-,24-21-,28-26-,38-35-/t53-/m1/s1. The van der Waals surface area contributed by atoms with Gasteiger partial charge in [-0.15, -0.1) is 0 Å². The molecule has 0 radical (unpaired) electrons. The summed E-state index contributed by atoms with van der Waals surface area (Å²) < 4.78 is 16.8. The second kappa shape index (κ2) is 50.8. The van der Waals surface area contributed by atoms with Crippen LogP contribution >= 0.6 is 0 Å². The maximum Gasteiger partial charge on any atom is 0.306 e. The topological polar surface area (TPSA) is 78.9 Å². The van der Waals surface area contributed by atoms with Crippen molar-refractivity contribution in [1.82, 2.24) is 0 Å². The van der Waals surface area contributed by atoms with E-state index in [0.29, 0.717) is 19.3 Å². The van der Waals surface area contributed by atoms with Gasteiger partial charge in [0, 0.05) is 19.3 Å². The molecule has 0 N–H and O–H groups in total. The second-order valence-electron chi connectivity index (χ2n) is 17.4. The molecule has 358 valence electrons. The number of carbonyl (C=O) groups is 3. The summed E-state index contributed by atoms with van der Waals surface area (Å²) in [6, 6.07) is 0. The molecule has 6 heteroatoms. The molecular formula is C56H98O6. The quantitative estimate of drug-likeness (QED) is 0.0262. The zero-order valence-corrected chi connectivity index (χ0v) is 40.9. The molecule has 0 aromatic heterocycles. The van der Waals surface area contributed by atoms with Crippen LogP contribution in [0.25, 0.3) is 0 Å². The molecule has 0 aliphatic heterocycles. The summed E-state index contributed by atoms with van der Waals surface area (Å²) in [6.07, 6.45) is 62.1. The highest BCUT2D eigenvalue weighted by Crippen LogP contribution is 2.15. The van der Waals surface area contributed by atoms with Crippen molar-refractivity contribution in [1.29, 1.82) is 0 Å². The third-order valence-corrected chi connectivity index (χ3v) is 11.3. The predicted molar refractivity (Wildman–Crippen MR) is 265 cm³/mol. The van der Waals surface area contributed by atoms with E-state index in [4.69, 9.17) is 14.2 Å². The molecule has 0 heterocycles. The molecule has 0 spiro atoms. The van der Waals surface area contributed by atoms with E-state index in [9.17, 15) is 14.4 Å². The summed E-state index contributed by atoms with van der Waals surface area (Å²) in [5, 5.41) is 0. The lowest BCUT2D eigenvalue weighted by atomic mass is 10.0. The zero-order chi connectivity index (χ0) is 45.1. The first-order valence-electron chi connectivity index (χ1n) is 26.3. The van der Waals surface area contributed by atoms with Crippen LogP contribution in [0, 0.1) is 0 Å². The number of allylic oxidation sites excluding steroid dienone is 10. The highest BCUT2D eigenvalue weighted by molar-refractivity contribution is 5.71. The summed E-state index contributed by atoms with van der Waals surface area (Å²) in [5.41, 5.74) is 0. The van der Waals surface area contributed by atoms with Crippen LogP contribution in [0.2, 0.25) is 0 Å². The summed E-state index contributed by atoms with van der Waals surface area (Å²) in [6.45, 7) is 6.48. The van der Waals surface area contributed by atoms with E-state index in [1.54, 1.807) is 0 Å². The molecule has 0 fully saturated rings. The summed E-state index contributed by atoms with van der Waals surface area (Å²) in [4.78, 5) is 38.0. The van der Waals surface area contributed by atoms with Crippen molar-refractivity contribution in [2.75, 3.05) is 13.2 Å². The van der Waals surface area contributed by atoms with Gasteiger partial charge in [-0.25, -0.2) is 0 Å². The Labute approximate surface area is 383 Å². The Morgan fingerprint density at radius 2 is 0.629 bits per heavy atom. The van der Waals surface area contributed by atoms with Gasteiger partial charge in [-0.2, -0.15) is 0 Å². The van der Waals surface area contributed by atoms with Crippen LogP contribution < -0.4 is 0 Å². The second-order valence-corrected chi connectivity index (χ2v) is 17.4. The molecule has 62 heavy (non-hydrogen) atoms. The van der Waals surface area contributed by atoms with Crippen molar-refractivity contribution in [3.8, 4) is 0 Å². The van der Waals surface area contributed by atoms with E-state index in [1.807, 2.05) is 0 Å². The molecule has 0 aromatic rings. The van der Waals surface area contributed by atoms with Gasteiger partial charge in [0.15, 0.2) is 6.10 Å². The van der Waals surface area contributed by atoms with Gasteiger partial charge in [-0.3, -0.25) is 14.4 Å². The average Bonchev–Trinajstić information content (AvgIpc) is 3.27. The fraction of sp³-hybridized carbons (Fsp3) is 0.768. The SMILES string of the molecule is CC/C=C\C/C=C\C/C=C\C/C=C\CCCCC(=O)O[C@H](COC(=O)CCCCCCC/C=C\CCCCCC)COC(=O)CCCCCCCCCCCCCCCCCC. The van der Waals surface area contributed by atoms with Crippen LogP contribution in [-0.4, -0.2) is 37.2 Å². The predicted octanol–water partition coefficient (Wildman–Crippen LogP) is 17.3. The minimum atomic E-state index is -0.796.